The minimum Gasteiger partial charge on any atom is -0.357 e. The summed E-state index contributed by atoms with van der Waals surface area (Å²) in [5, 5.41) is 9.13. The minimum absolute atomic E-state index is 0. The van der Waals surface area contributed by atoms with Gasteiger partial charge in [0.1, 0.15) is 0 Å². The molecule has 0 bridgehead atoms. The van der Waals surface area contributed by atoms with Gasteiger partial charge in [0, 0.05) is 30.6 Å². The first-order valence-corrected chi connectivity index (χ1v) is 9.75. The molecule has 1 aromatic rings. The summed E-state index contributed by atoms with van der Waals surface area (Å²) in [7, 11) is 2.26. The SMILES string of the molecule is CCNC(=NCC(C)C)NCC1CCCN(C)C1c1cccs1.I. The number of guanidine groups is 1. The number of aliphatic imine (C=N–C) groups is 1. The first-order valence-electron chi connectivity index (χ1n) is 8.87. The summed E-state index contributed by atoms with van der Waals surface area (Å²) in [5.41, 5.74) is 0. The fourth-order valence-electron chi connectivity index (χ4n) is 3.23. The van der Waals surface area contributed by atoms with E-state index in [1.54, 1.807) is 0 Å². The Hall–Kier alpha value is -0.340. The summed E-state index contributed by atoms with van der Waals surface area (Å²) in [6.07, 6.45) is 2.56. The summed E-state index contributed by atoms with van der Waals surface area (Å²) in [6, 6.07) is 4.98. The highest BCUT2D eigenvalue weighted by Gasteiger charge is 2.31. The van der Waals surface area contributed by atoms with Gasteiger partial charge in [0.25, 0.3) is 0 Å². The van der Waals surface area contributed by atoms with Crippen LogP contribution >= 0.6 is 35.3 Å². The van der Waals surface area contributed by atoms with Crippen LogP contribution in [0.25, 0.3) is 0 Å². The fraction of sp³-hybridized carbons (Fsp3) is 0.722. The molecule has 0 aromatic carbocycles. The summed E-state index contributed by atoms with van der Waals surface area (Å²) < 4.78 is 0. The molecule has 1 aliphatic heterocycles. The largest absolute Gasteiger partial charge is 0.357 e. The van der Waals surface area contributed by atoms with Crippen molar-refractivity contribution in [2.24, 2.45) is 16.8 Å². The van der Waals surface area contributed by atoms with E-state index in [-0.39, 0.29) is 24.0 Å². The number of piperidine rings is 1. The Morgan fingerprint density at radius 3 is 2.83 bits per heavy atom. The van der Waals surface area contributed by atoms with Crippen LogP contribution in [0.15, 0.2) is 22.5 Å². The third-order valence-electron chi connectivity index (χ3n) is 4.33. The summed E-state index contributed by atoms with van der Waals surface area (Å²) in [6.45, 7) is 10.5. The van der Waals surface area contributed by atoms with Gasteiger partial charge in [0.05, 0.1) is 0 Å². The molecular formula is C18H33IN4S. The van der Waals surface area contributed by atoms with Gasteiger partial charge in [-0.1, -0.05) is 19.9 Å². The molecule has 6 heteroatoms. The van der Waals surface area contributed by atoms with Gasteiger partial charge in [-0.3, -0.25) is 9.89 Å². The topological polar surface area (TPSA) is 39.7 Å². The van der Waals surface area contributed by atoms with Gasteiger partial charge >= 0.3 is 0 Å². The van der Waals surface area contributed by atoms with E-state index >= 15 is 0 Å². The summed E-state index contributed by atoms with van der Waals surface area (Å²) >= 11 is 1.88. The predicted molar refractivity (Wildman–Crippen MR) is 117 cm³/mol. The van der Waals surface area contributed by atoms with Crippen molar-refractivity contribution in [1.82, 2.24) is 15.5 Å². The van der Waals surface area contributed by atoms with Gasteiger partial charge in [-0.2, -0.15) is 0 Å². The molecule has 2 N–H and O–H groups in total. The van der Waals surface area contributed by atoms with Crippen molar-refractivity contribution >= 4 is 41.3 Å². The van der Waals surface area contributed by atoms with Crippen LogP contribution in [0.3, 0.4) is 0 Å². The lowest BCUT2D eigenvalue weighted by Gasteiger charge is -2.39. The van der Waals surface area contributed by atoms with E-state index in [0.29, 0.717) is 17.9 Å². The Balaban J connectivity index is 0.00000288. The molecule has 0 saturated carbocycles. The average molecular weight is 464 g/mol. The van der Waals surface area contributed by atoms with Gasteiger partial charge < -0.3 is 10.6 Å². The highest BCUT2D eigenvalue weighted by molar-refractivity contribution is 14.0. The van der Waals surface area contributed by atoms with E-state index in [2.05, 4.69) is 65.9 Å². The van der Waals surface area contributed by atoms with E-state index in [9.17, 15) is 0 Å². The minimum atomic E-state index is 0. The molecule has 2 atom stereocenters. The molecule has 2 heterocycles. The maximum absolute atomic E-state index is 4.69. The van der Waals surface area contributed by atoms with Gasteiger partial charge in [0.15, 0.2) is 5.96 Å². The molecule has 0 spiro atoms. The lowest BCUT2D eigenvalue weighted by molar-refractivity contribution is 0.125. The van der Waals surface area contributed by atoms with Crippen LogP contribution in [0.2, 0.25) is 0 Å². The quantitative estimate of drug-likeness (QED) is 0.381. The molecule has 1 aromatic heterocycles. The van der Waals surface area contributed by atoms with E-state index in [1.807, 2.05) is 11.3 Å². The zero-order valence-electron chi connectivity index (χ0n) is 15.4. The zero-order chi connectivity index (χ0) is 16.7. The molecule has 1 saturated heterocycles. The number of rotatable bonds is 6. The van der Waals surface area contributed by atoms with Crippen LogP contribution in [-0.2, 0) is 0 Å². The lowest BCUT2D eigenvalue weighted by Crippen LogP contribution is -2.45. The van der Waals surface area contributed by atoms with Crippen LogP contribution in [-0.4, -0.2) is 44.1 Å². The molecule has 1 fully saturated rings. The van der Waals surface area contributed by atoms with Gasteiger partial charge in [-0.25, -0.2) is 0 Å². The molecule has 138 valence electrons. The second kappa shape index (κ2) is 11.3. The molecule has 24 heavy (non-hydrogen) atoms. The molecule has 4 nitrogen and oxygen atoms in total. The van der Waals surface area contributed by atoms with Gasteiger partial charge in [0.2, 0.25) is 0 Å². The maximum atomic E-state index is 4.69. The van der Waals surface area contributed by atoms with Crippen LogP contribution in [0.1, 0.15) is 44.5 Å². The molecule has 0 radical (unpaired) electrons. The zero-order valence-corrected chi connectivity index (χ0v) is 18.6. The van der Waals surface area contributed by atoms with Crippen molar-refractivity contribution in [2.45, 2.75) is 39.7 Å². The van der Waals surface area contributed by atoms with E-state index in [4.69, 9.17) is 0 Å². The van der Waals surface area contributed by atoms with Crippen molar-refractivity contribution < 1.29 is 0 Å². The lowest BCUT2D eigenvalue weighted by atomic mass is 9.88. The Kier molecular flexibility index (Phi) is 10.2. The van der Waals surface area contributed by atoms with Crippen molar-refractivity contribution in [1.29, 1.82) is 0 Å². The van der Waals surface area contributed by atoms with Crippen molar-refractivity contribution in [3.8, 4) is 0 Å². The highest BCUT2D eigenvalue weighted by Crippen LogP contribution is 2.36. The first-order chi connectivity index (χ1) is 11.1. The number of halogens is 1. The Labute approximate surface area is 168 Å². The molecular weight excluding hydrogens is 431 g/mol. The second-order valence-corrected chi connectivity index (χ2v) is 7.82. The summed E-state index contributed by atoms with van der Waals surface area (Å²) in [4.78, 5) is 8.69. The highest BCUT2D eigenvalue weighted by atomic mass is 127. The number of hydrogen-bond acceptors (Lipinski definition) is 3. The number of nitrogens with one attached hydrogen (secondary N) is 2. The van der Waals surface area contributed by atoms with Crippen molar-refractivity contribution in [3.63, 3.8) is 0 Å². The average Bonchev–Trinajstić information content (AvgIpc) is 3.04. The van der Waals surface area contributed by atoms with Crippen LogP contribution in [0.4, 0.5) is 0 Å². The smallest absolute Gasteiger partial charge is 0.191 e. The van der Waals surface area contributed by atoms with E-state index in [1.165, 1.54) is 24.3 Å². The maximum Gasteiger partial charge on any atom is 0.191 e. The van der Waals surface area contributed by atoms with E-state index in [0.717, 1.165) is 25.6 Å². The Bertz CT molecular complexity index is 475. The molecule has 0 aliphatic carbocycles. The van der Waals surface area contributed by atoms with Crippen LogP contribution in [0.5, 0.6) is 0 Å². The molecule has 2 unspecified atom stereocenters. The van der Waals surface area contributed by atoms with Crippen molar-refractivity contribution in [2.75, 3.05) is 33.2 Å². The number of hydrogen-bond donors (Lipinski definition) is 2. The van der Waals surface area contributed by atoms with E-state index < -0.39 is 0 Å². The third-order valence-corrected chi connectivity index (χ3v) is 5.28. The normalized spacial score (nSPS) is 22.3. The molecule has 1 aliphatic rings. The molecule has 0 amide bonds. The predicted octanol–water partition coefficient (Wildman–Crippen LogP) is 3.96. The van der Waals surface area contributed by atoms with Gasteiger partial charge in [-0.05, 0) is 56.6 Å². The van der Waals surface area contributed by atoms with Gasteiger partial charge in [-0.15, -0.1) is 35.3 Å². The third kappa shape index (κ3) is 6.52. The monoisotopic (exact) mass is 464 g/mol. The summed E-state index contributed by atoms with van der Waals surface area (Å²) in [5.74, 6) is 2.18. The first kappa shape index (κ1) is 21.7. The van der Waals surface area contributed by atoms with Crippen LogP contribution < -0.4 is 10.6 Å². The standard InChI is InChI=1S/C18H32N4S.HI/c1-5-19-18(20-12-14(2)3)21-13-15-8-6-10-22(4)17(15)16-9-7-11-23-16;/h7,9,11,14-15,17H,5-6,8,10,12-13H2,1-4H3,(H2,19,20,21);1H. The Morgan fingerprint density at radius 2 is 2.21 bits per heavy atom. The molecule has 2 rings (SSSR count). The van der Waals surface area contributed by atoms with Crippen LogP contribution in [0, 0.1) is 11.8 Å². The number of likely N-dealkylation sites (tertiary alicyclic amines) is 1. The fourth-order valence-corrected chi connectivity index (χ4v) is 4.21. The van der Waals surface area contributed by atoms with Crippen molar-refractivity contribution in [3.05, 3.63) is 22.4 Å². The Morgan fingerprint density at radius 1 is 1.42 bits per heavy atom. The second-order valence-electron chi connectivity index (χ2n) is 6.84. The number of thiophene rings is 1. The number of nitrogens with zero attached hydrogens (tertiary/aromatic N) is 2.